The first-order valence-electron chi connectivity index (χ1n) is 19.1. The van der Waals surface area contributed by atoms with Crippen LogP contribution in [-0.4, -0.2) is 19.1 Å². The molecule has 12 aromatic rings. The highest BCUT2D eigenvalue weighted by molar-refractivity contribution is 6.22. The monoisotopic (exact) mass is 712 g/mol. The van der Waals surface area contributed by atoms with E-state index in [1.54, 1.807) is 0 Å². The fraction of sp³-hybridized carbons (Fsp3) is 0. The van der Waals surface area contributed by atoms with Crippen LogP contribution < -0.4 is 0 Å². The fourth-order valence-corrected chi connectivity index (χ4v) is 8.96. The molecule has 3 aromatic heterocycles. The van der Waals surface area contributed by atoms with E-state index in [0.29, 0.717) is 5.95 Å². The number of rotatable bonds is 4. The Hall–Kier alpha value is -7.56. The minimum atomic E-state index is 0.658. The smallest absolute Gasteiger partial charge is 0.235 e. The van der Waals surface area contributed by atoms with Gasteiger partial charge in [-0.15, -0.1) is 0 Å². The second-order valence-electron chi connectivity index (χ2n) is 14.6. The third kappa shape index (κ3) is 4.53. The normalized spacial score (nSPS) is 11.9. The Labute approximate surface area is 322 Å². The number of aromatic nitrogens is 4. The molecule has 0 saturated heterocycles. The first-order valence-corrected chi connectivity index (χ1v) is 19.1. The van der Waals surface area contributed by atoms with E-state index in [1.807, 2.05) is 0 Å². The molecule has 0 saturated carbocycles. The van der Waals surface area contributed by atoms with E-state index in [0.717, 1.165) is 49.7 Å². The average molecular weight is 713 g/mol. The molecule has 0 radical (unpaired) electrons. The highest BCUT2D eigenvalue weighted by atomic mass is 15.2. The van der Waals surface area contributed by atoms with Gasteiger partial charge in [-0.3, -0.25) is 4.57 Å². The van der Waals surface area contributed by atoms with Gasteiger partial charge in [0.05, 0.1) is 33.3 Å². The maximum absolute atomic E-state index is 5.43. The summed E-state index contributed by atoms with van der Waals surface area (Å²) in [6.45, 7) is 0. The zero-order valence-electron chi connectivity index (χ0n) is 30.3. The number of benzene rings is 9. The van der Waals surface area contributed by atoms with Crippen molar-refractivity contribution in [1.82, 2.24) is 19.1 Å². The minimum Gasteiger partial charge on any atom is -0.309 e. The van der Waals surface area contributed by atoms with Gasteiger partial charge in [-0.05, 0) is 81.9 Å². The van der Waals surface area contributed by atoms with E-state index in [9.17, 15) is 0 Å². The van der Waals surface area contributed by atoms with Crippen molar-refractivity contribution in [2.24, 2.45) is 0 Å². The van der Waals surface area contributed by atoms with Gasteiger partial charge in [-0.1, -0.05) is 140 Å². The van der Waals surface area contributed by atoms with E-state index in [-0.39, 0.29) is 0 Å². The Morgan fingerprint density at radius 2 is 0.893 bits per heavy atom. The first-order chi connectivity index (χ1) is 27.8. The summed E-state index contributed by atoms with van der Waals surface area (Å²) in [5, 5.41) is 10.6. The molecule has 4 nitrogen and oxygen atoms in total. The van der Waals surface area contributed by atoms with Gasteiger partial charge >= 0.3 is 0 Å². The predicted molar refractivity (Wildman–Crippen MR) is 234 cm³/mol. The van der Waals surface area contributed by atoms with E-state index in [4.69, 9.17) is 9.97 Å². The van der Waals surface area contributed by atoms with Crippen molar-refractivity contribution in [2.45, 2.75) is 0 Å². The Bertz CT molecular complexity index is 3520. The summed E-state index contributed by atoms with van der Waals surface area (Å²) in [7, 11) is 0. The molecule has 0 aliphatic rings. The van der Waals surface area contributed by atoms with Crippen molar-refractivity contribution in [3.63, 3.8) is 0 Å². The Morgan fingerprint density at radius 1 is 0.321 bits per heavy atom. The van der Waals surface area contributed by atoms with Crippen LogP contribution in [0.25, 0.3) is 110 Å². The van der Waals surface area contributed by atoms with Gasteiger partial charge in [0.25, 0.3) is 0 Å². The number of nitrogens with zero attached hydrogens (tertiary/aromatic N) is 4. The molecule has 260 valence electrons. The summed E-state index contributed by atoms with van der Waals surface area (Å²) in [5.41, 5.74) is 11.0. The standard InChI is InChI=1S/C52H32N4/c1-3-15-35(16-4-1)50-42-27-23-34-14-8-10-20-40(34)51(42)54-52(53-50)56-47-29-26-37(32-44(47)49-39-19-9-7-13-33(39)24-30-48(49)56)36-25-28-46-43(31-36)41-21-11-12-22-45(41)55(46)38-17-5-2-6-18-38/h1-32H. The van der Waals surface area contributed by atoms with Gasteiger partial charge in [-0.2, -0.15) is 0 Å². The molecule has 4 heteroatoms. The first kappa shape index (κ1) is 30.9. The molecule has 0 unspecified atom stereocenters. The van der Waals surface area contributed by atoms with E-state index >= 15 is 0 Å². The molecule has 0 bridgehead atoms. The topological polar surface area (TPSA) is 35.6 Å². The molecule has 0 aliphatic carbocycles. The third-order valence-corrected chi connectivity index (χ3v) is 11.5. The SMILES string of the molecule is c1ccc(-c2nc(-n3c4ccc(-c5ccc6c(c5)c5ccccc5n6-c5ccccc5)cc4c4c5ccccc5ccc43)nc3c2ccc2ccccc23)cc1. The van der Waals surface area contributed by atoms with Gasteiger partial charge in [0.15, 0.2) is 0 Å². The molecule has 0 atom stereocenters. The van der Waals surface area contributed by atoms with E-state index < -0.39 is 0 Å². The van der Waals surface area contributed by atoms with Crippen molar-refractivity contribution >= 4 is 76.1 Å². The van der Waals surface area contributed by atoms with E-state index in [2.05, 4.69) is 203 Å². The minimum absolute atomic E-state index is 0.658. The lowest BCUT2D eigenvalue weighted by Crippen LogP contribution is -2.03. The Balaban J connectivity index is 1.14. The summed E-state index contributed by atoms with van der Waals surface area (Å²) in [6.07, 6.45) is 0. The van der Waals surface area contributed by atoms with Crippen LogP contribution in [0, 0.1) is 0 Å². The molecule has 0 fully saturated rings. The van der Waals surface area contributed by atoms with Gasteiger partial charge < -0.3 is 4.57 Å². The average Bonchev–Trinajstić information content (AvgIpc) is 3.79. The van der Waals surface area contributed by atoms with Gasteiger partial charge in [-0.25, -0.2) is 9.97 Å². The lowest BCUT2D eigenvalue weighted by atomic mass is 9.99. The van der Waals surface area contributed by atoms with Crippen LogP contribution in [0.5, 0.6) is 0 Å². The zero-order chi connectivity index (χ0) is 36.7. The van der Waals surface area contributed by atoms with Crippen LogP contribution in [0.15, 0.2) is 194 Å². The number of fused-ring (bicyclic) bond motifs is 11. The van der Waals surface area contributed by atoms with Crippen molar-refractivity contribution in [1.29, 1.82) is 0 Å². The molecule has 3 heterocycles. The lowest BCUT2D eigenvalue weighted by Gasteiger charge is -2.13. The molecule has 0 amide bonds. The van der Waals surface area contributed by atoms with Gasteiger partial charge in [0.1, 0.15) is 0 Å². The quantitative estimate of drug-likeness (QED) is 0.170. The van der Waals surface area contributed by atoms with Crippen LogP contribution in [0.4, 0.5) is 0 Å². The molecular formula is C52H32N4. The summed E-state index contributed by atoms with van der Waals surface area (Å²) >= 11 is 0. The summed E-state index contributed by atoms with van der Waals surface area (Å²) in [4.78, 5) is 10.9. The highest BCUT2D eigenvalue weighted by Crippen LogP contribution is 2.41. The molecule has 0 aliphatic heterocycles. The third-order valence-electron chi connectivity index (χ3n) is 11.5. The van der Waals surface area contributed by atoms with Crippen molar-refractivity contribution < 1.29 is 0 Å². The molecule has 12 rings (SSSR count). The van der Waals surface area contributed by atoms with Crippen LogP contribution >= 0.6 is 0 Å². The summed E-state index contributed by atoms with van der Waals surface area (Å²) < 4.78 is 4.64. The number of hydrogen-bond donors (Lipinski definition) is 0. The number of para-hydroxylation sites is 2. The van der Waals surface area contributed by atoms with Crippen LogP contribution in [-0.2, 0) is 0 Å². The highest BCUT2D eigenvalue weighted by Gasteiger charge is 2.21. The molecule has 56 heavy (non-hydrogen) atoms. The van der Waals surface area contributed by atoms with Gasteiger partial charge in [0, 0.05) is 43.6 Å². The largest absolute Gasteiger partial charge is 0.309 e. The van der Waals surface area contributed by atoms with Crippen LogP contribution in [0.1, 0.15) is 0 Å². The van der Waals surface area contributed by atoms with Crippen molar-refractivity contribution in [3.05, 3.63) is 194 Å². The Morgan fingerprint density at radius 3 is 1.68 bits per heavy atom. The molecule has 9 aromatic carbocycles. The predicted octanol–water partition coefficient (Wildman–Crippen LogP) is 13.5. The van der Waals surface area contributed by atoms with Crippen molar-refractivity contribution in [2.75, 3.05) is 0 Å². The van der Waals surface area contributed by atoms with Crippen LogP contribution in [0.2, 0.25) is 0 Å². The van der Waals surface area contributed by atoms with Gasteiger partial charge in [0.2, 0.25) is 5.95 Å². The number of hydrogen-bond acceptors (Lipinski definition) is 2. The summed E-state index contributed by atoms with van der Waals surface area (Å²) in [6, 6.07) is 69.6. The maximum Gasteiger partial charge on any atom is 0.235 e. The summed E-state index contributed by atoms with van der Waals surface area (Å²) in [5.74, 6) is 0.658. The molecular weight excluding hydrogens is 681 g/mol. The molecule has 0 N–H and O–H groups in total. The molecule has 0 spiro atoms. The second-order valence-corrected chi connectivity index (χ2v) is 14.6. The van der Waals surface area contributed by atoms with Crippen LogP contribution in [0.3, 0.4) is 0 Å². The fourth-order valence-electron chi connectivity index (χ4n) is 8.96. The second kappa shape index (κ2) is 12.0. The Kier molecular flexibility index (Phi) is 6.60. The zero-order valence-corrected chi connectivity index (χ0v) is 30.3. The maximum atomic E-state index is 5.43. The van der Waals surface area contributed by atoms with Crippen molar-refractivity contribution in [3.8, 4) is 34.0 Å². The van der Waals surface area contributed by atoms with E-state index in [1.165, 1.54) is 54.5 Å². The lowest BCUT2D eigenvalue weighted by molar-refractivity contribution is 1.02.